The van der Waals surface area contributed by atoms with Crippen LogP contribution >= 0.6 is 0 Å². The van der Waals surface area contributed by atoms with Crippen LogP contribution in [0.15, 0.2) is 23.1 Å². The van der Waals surface area contributed by atoms with Crippen LogP contribution in [0.5, 0.6) is 0 Å². The number of fused-ring (bicyclic) bond motifs is 1. The fraction of sp³-hybridized carbons (Fsp3) is 0.630. The van der Waals surface area contributed by atoms with Gasteiger partial charge in [0.25, 0.3) is 5.91 Å². The first-order chi connectivity index (χ1) is 20.0. The van der Waals surface area contributed by atoms with Crippen molar-refractivity contribution in [2.75, 3.05) is 7.05 Å². The van der Waals surface area contributed by atoms with Crippen molar-refractivity contribution in [3.05, 3.63) is 41.1 Å². The number of hydrogen-bond donors (Lipinski definition) is 2. The summed E-state index contributed by atoms with van der Waals surface area (Å²) in [7, 11) is 1.45. The molecule has 0 aromatic carbocycles. The molecule has 0 saturated heterocycles. The normalized spacial score (nSPS) is 22.6. The highest BCUT2D eigenvalue weighted by molar-refractivity contribution is 5.93. The van der Waals surface area contributed by atoms with E-state index in [1.165, 1.54) is 22.7 Å². The van der Waals surface area contributed by atoms with E-state index >= 15 is 0 Å². The Morgan fingerprint density at radius 2 is 1.83 bits per heavy atom. The van der Waals surface area contributed by atoms with Crippen molar-refractivity contribution in [1.29, 1.82) is 0 Å². The van der Waals surface area contributed by atoms with Crippen molar-refractivity contribution in [3.63, 3.8) is 0 Å². The number of rotatable bonds is 8. The quantitative estimate of drug-likeness (QED) is 0.365. The van der Waals surface area contributed by atoms with Crippen molar-refractivity contribution < 1.29 is 31.8 Å². The lowest BCUT2D eigenvalue weighted by atomic mass is 9.81. The second-order valence-electron chi connectivity index (χ2n) is 11.7. The molecule has 226 valence electrons. The van der Waals surface area contributed by atoms with Gasteiger partial charge in [0, 0.05) is 51.2 Å². The van der Waals surface area contributed by atoms with Gasteiger partial charge in [-0.1, -0.05) is 5.16 Å². The molecule has 0 unspecified atom stereocenters. The minimum atomic E-state index is -2.82. The molecule has 42 heavy (non-hydrogen) atoms. The van der Waals surface area contributed by atoms with Gasteiger partial charge in [-0.05, 0) is 54.8 Å². The van der Waals surface area contributed by atoms with Crippen LogP contribution in [0, 0.1) is 5.92 Å². The third-order valence-corrected chi connectivity index (χ3v) is 8.57. The summed E-state index contributed by atoms with van der Waals surface area (Å²) in [5, 5.41) is 17.6. The summed E-state index contributed by atoms with van der Waals surface area (Å²) < 4.78 is 62.2. The van der Waals surface area contributed by atoms with E-state index in [2.05, 4.69) is 31.0 Å². The predicted molar refractivity (Wildman–Crippen MR) is 139 cm³/mol. The van der Waals surface area contributed by atoms with E-state index in [4.69, 9.17) is 4.63 Å². The van der Waals surface area contributed by atoms with E-state index in [1.54, 1.807) is 12.3 Å². The molecule has 0 aliphatic heterocycles. The summed E-state index contributed by atoms with van der Waals surface area (Å²) in [6, 6.07) is -0.0979. The van der Waals surface area contributed by atoms with Gasteiger partial charge >= 0.3 is 6.03 Å². The number of nitrogens with one attached hydrogen (secondary N) is 2. The summed E-state index contributed by atoms with van der Waals surface area (Å²) in [6.45, 7) is 0.0487. The summed E-state index contributed by atoms with van der Waals surface area (Å²) in [5.41, 5.74) is 1.99. The van der Waals surface area contributed by atoms with Crippen molar-refractivity contribution in [1.82, 2.24) is 40.4 Å². The van der Waals surface area contributed by atoms with Crippen LogP contribution in [-0.4, -0.2) is 66.7 Å². The number of amides is 3. The zero-order valence-electron chi connectivity index (χ0n) is 23.0. The number of alkyl halides is 4. The van der Waals surface area contributed by atoms with E-state index < -0.39 is 42.3 Å². The SMILES string of the molecule is CNC(=O)N(Cc1cnn2cc([C@@H](NC(=O)c3nonc3C3CC3)C3CCC(F)(F)CC3)nc2c1)[C@H]1CCC(F)(F)C1. The Labute approximate surface area is 238 Å². The Balaban J connectivity index is 1.26. The fourth-order valence-corrected chi connectivity index (χ4v) is 6.09. The first-order valence-electron chi connectivity index (χ1n) is 14.2. The van der Waals surface area contributed by atoms with E-state index in [0.717, 1.165) is 12.8 Å². The molecule has 11 nitrogen and oxygen atoms in total. The molecular formula is C27H32F4N8O3. The van der Waals surface area contributed by atoms with Gasteiger partial charge in [0.1, 0.15) is 5.69 Å². The predicted octanol–water partition coefficient (Wildman–Crippen LogP) is 4.62. The number of carbonyl (C=O) groups excluding carboxylic acids is 2. The van der Waals surface area contributed by atoms with Crippen molar-refractivity contribution >= 4 is 17.6 Å². The molecule has 3 aliphatic carbocycles. The van der Waals surface area contributed by atoms with E-state index in [0.29, 0.717) is 22.6 Å². The molecule has 15 heteroatoms. The third-order valence-electron chi connectivity index (χ3n) is 8.57. The first kappa shape index (κ1) is 28.3. The molecule has 3 fully saturated rings. The number of halogens is 4. The first-order valence-corrected chi connectivity index (χ1v) is 14.2. The number of urea groups is 1. The Kier molecular flexibility index (Phi) is 7.29. The molecule has 3 heterocycles. The number of nitrogens with zero attached hydrogens (tertiary/aromatic N) is 6. The summed E-state index contributed by atoms with van der Waals surface area (Å²) in [6.07, 6.45) is 4.21. The third kappa shape index (κ3) is 5.91. The molecule has 2 N–H and O–H groups in total. The van der Waals surface area contributed by atoms with E-state index in [9.17, 15) is 27.2 Å². The van der Waals surface area contributed by atoms with Crippen LogP contribution in [-0.2, 0) is 6.54 Å². The molecule has 3 aliphatic rings. The highest BCUT2D eigenvalue weighted by Crippen LogP contribution is 2.43. The van der Waals surface area contributed by atoms with Crippen LogP contribution in [0.1, 0.15) is 97.2 Å². The fourth-order valence-electron chi connectivity index (χ4n) is 6.09. The van der Waals surface area contributed by atoms with Gasteiger partial charge in [0.2, 0.25) is 11.8 Å². The summed E-state index contributed by atoms with van der Waals surface area (Å²) in [4.78, 5) is 31.9. The average molecular weight is 593 g/mol. The maximum absolute atomic E-state index is 14.0. The van der Waals surface area contributed by atoms with Crippen LogP contribution in [0.2, 0.25) is 0 Å². The lowest BCUT2D eigenvalue weighted by molar-refractivity contribution is -0.0495. The van der Waals surface area contributed by atoms with Gasteiger partial charge < -0.3 is 15.5 Å². The molecular weight excluding hydrogens is 560 g/mol. The molecule has 3 aromatic heterocycles. The van der Waals surface area contributed by atoms with Crippen LogP contribution in [0.25, 0.3) is 5.65 Å². The molecule has 0 radical (unpaired) electrons. The summed E-state index contributed by atoms with van der Waals surface area (Å²) in [5.74, 6) is -6.28. The minimum absolute atomic E-state index is 0.0487. The van der Waals surface area contributed by atoms with Crippen LogP contribution < -0.4 is 10.6 Å². The maximum atomic E-state index is 14.0. The monoisotopic (exact) mass is 592 g/mol. The largest absolute Gasteiger partial charge is 0.342 e. The van der Waals surface area contributed by atoms with Crippen molar-refractivity contribution in [2.24, 2.45) is 5.92 Å². The van der Waals surface area contributed by atoms with Gasteiger partial charge in [-0.25, -0.2) is 36.5 Å². The van der Waals surface area contributed by atoms with Crippen molar-refractivity contribution in [2.45, 2.75) is 94.2 Å². The summed E-state index contributed by atoms with van der Waals surface area (Å²) >= 11 is 0. The van der Waals surface area contributed by atoms with Crippen LogP contribution in [0.3, 0.4) is 0 Å². The smallest absolute Gasteiger partial charge is 0.317 e. The van der Waals surface area contributed by atoms with Gasteiger partial charge in [0.15, 0.2) is 11.3 Å². The molecule has 0 bridgehead atoms. The lowest BCUT2D eigenvalue weighted by Gasteiger charge is -2.33. The molecule has 0 spiro atoms. The maximum Gasteiger partial charge on any atom is 0.317 e. The number of imidazole rings is 1. The Morgan fingerprint density at radius 1 is 1.10 bits per heavy atom. The van der Waals surface area contributed by atoms with E-state index in [1.807, 2.05) is 0 Å². The average Bonchev–Trinajstić information content (AvgIpc) is 3.35. The van der Waals surface area contributed by atoms with Crippen LogP contribution in [0.4, 0.5) is 22.4 Å². The van der Waals surface area contributed by atoms with Gasteiger partial charge in [-0.2, -0.15) is 5.10 Å². The molecule has 2 atom stereocenters. The van der Waals surface area contributed by atoms with Gasteiger partial charge in [-0.15, -0.1) is 0 Å². The second-order valence-corrected chi connectivity index (χ2v) is 11.7. The van der Waals surface area contributed by atoms with Crippen molar-refractivity contribution in [3.8, 4) is 0 Å². The highest BCUT2D eigenvalue weighted by atomic mass is 19.3. The number of aromatic nitrogens is 5. The van der Waals surface area contributed by atoms with Gasteiger partial charge in [0.05, 0.1) is 24.1 Å². The second kappa shape index (κ2) is 10.8. The lowest BCUT2D eigenvalue weighted by Crippen LogP contribution is -2.44. The Bertz CT molecular complexity index is 1460. The van der Waals surface area contributed by atoms with E-state index in [-0.39, 0.29) is 62.6 Å². The molecule has 3 amide bonds. The molecule has 6 rings (SSSR count). The van der Waals surface area contributed by atoms with Gasteiger partial charge in [-0.3, -0.25) is 4.79 Å². The Morgan fingerprint density at radius 3 is 2.50 bits per heavy atom. The zero-order valence-corrected chi connectivity index (χ0v) is 23.0. The molecule has 3 saturated carbocycles. The molecule has 3 aromatic rings. The minimum Gasteiger partial charge on any atom is -0.342 e. The zero-order chi connectivity index (χ0) is 29.6. The standard InChI is InChI=1S/C27H32F4N8O3/c1-32-25(41)38(18-6-9-27(30,31)11-18)13-15-10-20-34-19(14-39(20)33-12-15)21(17-4-7-26(28,29)8-5-17)35-24(40)23-22(16-2-3-16)36-42-37-23/h10,12,14,16-18,21H,2-9,11,13H2,1H3,(H,32,41)(H,35,40)/t18-,21-/m0/s1. The highest BCUT2D eigenvalue weighted by Gasteiger charge is 2.43. The number of hydrogen-bond acceptors (Lipinski definition) is 7. The Hall–Kier alpha value is -3.78. The topological polar surface area (TPSA) is 131 Å². The number of carbonyl (C=O) groups is 2.